The molecule has 0 spiro atoms. The van der Waals surface area contributed by atoms with Crippen LogP contribution in [0.25, 0.3) is 0 Å². The number of aromatic nitrogens is 2. The Labute approximate surface area is 193 Å². The van der Waals surface area contributed by atoms with Crippen LogP contribution in [-0.4, -0.2) is 88.7 Å². The SMILES string of the molecule is CN1CCN(C(=O)C[C@H]2CN(C(=O)Cn3cccn3)CC[C@@H]2Oc2ccc(Cl)cc2)CC1. The van der Waals surface area contributed by atoms with Crippen LogP contribution in [0.1, 0.15) is 12.8 Å². The third kappa shape index (κ3) is 5.81. The third-order valence-electron chi connectivity index (χ3n) is 6.27. The second kappa shape index (κ2) is 10.4. The fourth-order valence-electron chi connectivity index (χ4n) is 4.32. The lowest BCUT2D eigenvalue weighted by molar-refractivity contribution is -0.140. The second-order valence-corrected chi connectivity index (χ2v) is 9.03. The zero-order valence-electron chi connectivity index (χ0n) is 18.4. The van der Waals surface area contributed by atoms with Crippen LogP contribution in [0, 0.1) is 5.92 Å². The van der Waals surface area contributed by atoms with Gasteiger partial charge in [0.15, 0.2) is 0 Å². The zero-order chi connectivity index (χ0) is 22.5. The number of likely N-dealkylation sites (tertiary alicyclic amines) is 1. The Kier molecular flexibility index (Phi) is 7.32. The minimum atomic E-state index is -0.138. The monoisotopic (exact) mass is 459 g/mol. The number of likely N-dealkylation sites (N-methyl/N-ethyl adjacent to an activating group) is 1. The van der Waals surface area contributed by atoms with Crippen molar-refractivity contribution >= 4 is 23.4 Å². The first-order valence-electron chi connectivity index (χ1n) is 11.1. The molecular formula is C23H30ClN5O3. The first-order chi connectivity index (χ1) is 15.5. The van der Waals surface area contributed by atoms with E-state index in [1.165, 1.54) is 0 Å². The Morgan fingerprint density at radius 1 is 1.06 bits per heavy atom. The highest BCUT2D eigenvalue weighted by molar-refractivity contribution is 6.30. The Balaban J connectivity index is 1.43. The number of amides is 2. The van der Waals surface area contributed by atoms with E-state index in [9.17, 15) is 9.59 Å². The van der Waals surface area contributed by atoms with E-state index in [2.05, 4.69) is 17.0 Å². The van der Waals surface area contributed by atoms with Gasteiger partial charge in [-0.1, -0.05) is 11.6 Å². The standard InChI is InChI=1S/C23H30ClN5O3/c1-26-11-13-27(14-12-26)22(30)15-18-16-28(23(31)17-29-9-2-8-25-29)10-7-21(18)32-20-5-3-19(24)4-6-20/h2-6,8-9,18,21H,7,10-17H2,1H3/t18-,21-/m0/s1. The van der Waals surface area contributed by atoms with Gasteiger partial charge in [0.1, 0.15) is 18.4 Å². The number of piperazine rings is 1. The summed E-state index contributed by atoms with van der Waals surface area (Å²) in [5.41, 5.74) is 0. The predicted octanol–water partition coefficient (Wildman–Crippen LogP) is 2.00. The molecule has 0 unspecified atom stereocenters. The van der Waals surface area contributed by atoms with Crippen molar-refractivity contribution in [2.45, 2.75) is 25.5 Å². The van der Waals surface area contributed by atoms with E-state index in [0.29, 0.717) is 31.0 Å². The maximum absolute atomic E-state index is 13.1. The van der Waals surface area contributed by atoms with Crippen LogP contribution in [0.5, 0.6) is 5.75 Å². The molecule has 0 bridgehead atoms. The molecule has 32 heavy (non-hydrogen) atoms. The molecule has 8 nitrogen and oxygen atoms in total. The Hall–Kier alpha value is -2.58. The van der Waals surface area contributed by atoms with Gasteiger partial charge in [-0.25, -0.2) is 0 Å². The number of carbonyl (C=O) groups excluding carboxylic acids is 2. The summed E-state index contributed by atoms with van der Waals surface area (Å²) in [4.78, 5) is 31.9. The summed E-state index contributed by atoms with van der Waals surface area (Å²) in [6.07, 6.45) is 4.35. The van der Waals surface area contributed by atoms with Gasteiger partial charge < -0.3 is 19.4 Å². The first kappa shape index (κ1) is 22.6. The number of benzene rings is 1. The number of piperidine rings is 1. The van der Waals surface area contributed by atoms with E-state index in [4.69, 9.17) is 16.3 Å². The summed E-state index contributed by atoms with van der Waals surface area (Å²) in [5.74, 6) is 0.797. The van der Waals surface area contributed by atoms with Gasteiger partial charge in [-0.15, -0.1) is 0 Å². The third-order valence-corrected chi connectivity index (χ3v) is 6.52. The fraction of sp³-hybridized carbons (Fsp3) is 0.522. The van der Waals surface area contributed by atoms with Crippen LogP contribution in [0.15, 0.2) is 42.7 Å². The van der Waals surface area contributed by atoms with Crippen molar-refractivity contribution in [3.05, 3.63) is 47.7 Å². The molecule has 4 rings (SSSR count). The minimum absolute atomic E-state index is 0.00990. The molecule has 2 atom stereocenters. The summed E-state index contributed by atoms with van der Waals surface area (Å²) in [7, 11) is 2.07. The van der Waals surface area contributed by atoms with Gasteiger partial charge in [-0.05, 0) is 37.4 Å². The van der Waals surface area contributed by atoms with Crippen molar-refractivity contribution in [2.75, 3.05) is 46.3 Å². The van der Waals surface area contributed by atoms with Gasteiger partial charge >= 0.3 is 0 Å². The van der Waals surface area contributed by atoms with Crippen LogP contribution in [-0.2, 0) is 16.1 Å². The highest BCUT2D eigenvalue weighted by atomic mass is 35.5. The second-order valence-electron chi connectivity index (χ2n) is 8.59. The molecule has 172 valence electrons. The summed E-state index contributed by atoms with van der Waals surface area (Å²) in [5, 5.41) is 4.78. The molecular weight excluding hydrogens is 430 g/mol. The fourth-order valence-corrected chi connectivity index (χ4v) is 4.44. The highest BCUT2D eigenvalue weighted by Crippen LogP contribution is 2.27. The average Bonchev–Trinajstić information content (AvgIpc) is 3.30. The predicted molar refractivity (Wildman–Crippen MR) is 121 cm³/mol. The van der Waals surface area contributed by atoms with Crippen LogP contribution in [0.3, 0.4) is 0 Å². The molecule has 2 aliphatic rings. The Bertz CT molecular complexity index is 897. The smallest absolute Gasteiger partial charge is 0.244 e. The maximum atomic E-state index is 13.1. The van der Waals surface area contributed by atoms with E-state index < -0.39 is 0 Å². The van der Waals surface area contributed by atoms with Crippen molar-refractivity contribution in [3.8, 4) is 5.75 Å². The van der Waals surface area contributed by atoms with E-state index in [0.717, 1.165) is 31.9 Å². The van der Waals surface area contributed by atoms with Crippen molar-refractivity contribution in [3.63, 3.8) is 0 Å². The summed E-state index contributed by atoms with van der Waals surface area (Å²) >= 11 is 6.00. The Morgan fingerprint density at radius 3 is 2.50 bits per heavy atom. The number of hydrogen-bond acceptors (Lipinski definition) is 5. The van der Waals surface area contributed by atoms with E-state index in [1.54, 1.807) is 35.3 Å². The van der Waals surface area contributed by atoms with Crippen molar-refractivity contribution in [2.24, 2.45) is 5.92 Å². The largest absolute Gasteiger partial charge is 0.490 e. The minimum Gasteiger partial charge on any atom is -0.490 e. The van der Waals surface area contributed by atoms with Crippen molar-refractivity contribution in [1.29, 1.82) is 0 Å². The zero-order valence-corrected chi connectivity index (χ0v) is 19.2. The molecule has 0 radical (unpaired) electrons. The van der Waals surface area contributed by atoms with Gasteiger partial charge in [0.05, 0.1) is 0 Å². The van der Waals surface area contributed by atoms with Crippen LogP contribution in [0.4, 0.5) is 0 Å². The van der Waals surface area contributed by atoms with Crippen molar-refractivity contribution in [1.82, 2.24) is 24.5 Å². The van der Waals surface area contributed by atoms with E-state index in [-0.39, 0.29) is 30.4 Å². The number of rotatable bonds is 6. The van der Waals surface area contributed by atoms with Gasteiger partial charge in [0.2, 0.25) is 11.8 Å². The number of nitrogens with zero attached hydrogens (tertiary/aromatic N) is 5. The lowest BCUT2D eigenvalue weighted by Gasteiger charge is -2.40. The van der Waals surface area contributed by atoms with Crippen molar-refractivity contribution < 1.29 is 14.3 Å². The molecule has 2 saturated heterocycles. The number of halogens is 1. The number of carbonyl (C=O) groups is 2. The van der Waals surface area contributed by atoms with E-state index >= 15 is 0 Å². The molecule has 2 aliphatic heterocycles. The molecule has 0 aliphatic carbocycles. The lowest BCUT2D eigenvalue weighted by atomic mass is 9.90. The molecule has 0 saturated carbocycles. The topological polar surface area (TPSA) is 70.9 Å². The maximum Gasteiger partial charge on any atom is 0.244 e. The first-order valence-corrected chi connectivity index (χ1v) is 11.5. The van der Waals surface area contributed by atoms with Crippen LogP contribution >= 0.6 is 11.6 Å². The number of hydrogen-bond donors (Lipinski definition) is 0. The summed E-state index contributed by atoms with van der Waals surface area (Å²) in [6, 6.07) is 9.08. The van der Waals surface area contributed by atoms with Gasteiger partial charge in [-0.2, -0.15) is 5.10 Å². The van der Waals surface area contributed by atoms with Crippen LogP contribution in [0.2, 0.25) is 5.02 Å². The summed E-state index contributed by atoms with van der Waals surface area (Å²) in [6.45, 7) is 4.55. The van der Waals surface area contributed by atoms with Gasteiger partial charge in [0, 0.05) is 75.4 Å². The lowest BCUT2D eigenvalue weighted by Crippen LogP contribution is -2.52. The average molecular weight is 460 g/mol. The molecule has 0 N–H and O–H groups in total. The Morgan fingerprint density at radius 2 is 1.81 bits per heavy atom. The molecule has 9 heteroatoms. The van der Waals surface area contributed by atoms with Gasteiger partial charge in [-0.3, -0.25) is 14.3 Å². The number of ether oxygens (including phenoxy) is 1. The molecule has 1 aromatic heterocycles. The molecule has 2 fully saturated rings. The quantitative estimate of drug-likeness (QED) is 0.660. The van der Waals surface area contributed by atoms with Gasteiger partial charge in [0.25, 0.3) is 0 Å². The normalized spacial score (nSPS) is 22.1. The molecule has 2 amide bonds. The highest BCUT2D eigenvalue weighted by Gasteiger charge is 2.35. The molecule has 1 aromatic carbocycles. The summed E-state index contributed by atoms with van der Waals surface area (Å²) < 4.78 is 7.90. The van der Waals surface area contributed by atoms with E-state index in [1.807, 2.05) is 21.9 Å². The molecule has 3 heterocycles. The van der Waals surface area contributed by atoms with Crippen LogP contribution < -0.4 is 4.74 Å². The molecule has 2 aromatic rings.